The predicted octanol–water partition coefficient (Wildman–Crippen LogP) is 4.35. The fraction of sp³-hybridized carbons (Fsp3) is 0.259. The number of hydrogen-bond donors (Lipinski definition) is 3. The molecule has 8 nitrogen and oxygen atoms in total. The highest BCUT2D eigenvalue weighted by Gasteiger charge is 2.29. The smallest absolute Gasteiger partial charge is 0.407 e. The molecule has 2 amide bonds. The molecule has 1 aliphatic carbocycles. The molecule has 1 unspecified atom stereocenters. The Bertz CT molecular complexity index is 1180. The van der Waals surface area contributed by atoms with Crippen molar-refractivity contribution < 1.29 is 24.2 Å². The van der Waals surface area contributed by atoms with E-state index in [1.54, 1.807) is 12.1 Å². The minimum absolute atomic E-state index is 0.0341. The number of carboxylic acids is 1. The molecule has 2 aromatic carbocycles. The van der Waals surface area contributed by atoms with Gasteiger partial charge in [-0.25, -0.2) is 4.79 Å². The molecule has 1 aliphatic rings. The summed E-state index contributed by atoms with van der Waals surface area (Å²) in [6, 6.07) is 19.0. The van der Waals surface area contributed by atoms with Crippen LogP contribution in [-0.4, -0.2) is 40.7 Å². The van der Waals surface area contributed by atoms with Crippen molar-refractivity contribution in [1.29, 1.82) is 0 Å². The number of amides is 2. The third-order valence-electron chi connectivity index (χ3n) is 6.03. The second-order valence-electron chi connectivity index (χ2n) is 8.44. The van der Waals surface area contributed by atoms with E-state index in [0.717, 1.165) is 22.3 Å². The Morgan fingerprint density at radius 1 is 1.00 bits per heavy atom. The summed E-state index contributed by atoms with van der Waals surface area (Å²) in [4.78, 5) is 39.8. The van der Waals surface area contributed by atoms with Crippen LogP contribution in [0.25, 0.3) is 11.1 Å². The molecule has 0 radical (unpaired) electrons. The summed E-state index contributed by atoms with van der Waals surface area (Å²) in [5, 5.41) is 14.3. The predicted molar refractivity (Wildman–Crippen MR) is 131 cm³/mol. The number of benzene rings is 2. The lowest BCUT2D eigenvalue weighted by Crippen LogP contribution is -2.38. The van der Waals surface area contributed by atoms with Crippen LogP contribution in [0.4, 0.5) is 10.5 Å². The van der Waals surface area contributed by atoms with Crippen molar-refractivity contribution in [3.63, 3.8) is 0 Å². The lowest BCUT2D eigenvalue weighted by Gasteiger charge is -2.19. The SMILES string of the molecule is CCC(CC(=O)Nc1ccc(CC(=O)O)nc1)NC(=O)OCC1c2ccccc2-c2ccccc21. The van der Waals surface area contributed by atoms with Crippen LogP contribution in [0.2, 0.25) is 0 Å². The van der Waals surface area contributed by atoms with Gasteiger partial charge in [0, 0.05) is 18.4 Å². The van der Waals surface area contributed by atoms with Crippen LogP contribution in [0.5, 0.6) is 0 Å². The van der Waals surface area contributed by atoms with E-state index in [2.05, 4.69) is 39.9 Å². The lowest BCUT2D eigenvalue weighted by molar-refractivity contribution is -0.136. The van der Waals surface area contributed by atoms with Gasteiger partial charge in [0.05, 0.1) is 24.0 Å². The van der Waals surface area contributed by atoms with Gasteiger partial charge in [0.25, 0.3) is 0 Å². The fourth-order valence-corrected chi connectivity index (χ4v) is 4.30. The first kappa shape index (κ1) is 23.9. The van der Waals surface area contributed by atoms with Crippen molar-refractivity contribution in [3.8, 4) is 11.1 Å². The molecule has 35 heavy (non-hydrogen) atoms. The maximum absolute atomic E-state index is 12.5. The number of nitrogens with one attached hydrogen (secondary N) is 2. The van der Waals surface area contributed by atoms with Crippen molar-refractivity contribution in [3.05, 3.63) is 83.7 Å². The van der Waals surface area contributed by atoms with Crippen molar-refractivity contribution in [2.75, 3.05) is 11.9 Å². The molecule has 180 valence electrons. The zero-order valence-corrected chi connectivity index (χ0v) is 19.4. The summed E-state index contributed by atoms with van der Waals surface area (Å²) in [7, 11) is 0. The molecule has 0 fully saturated rings. The Balaban J connectivity index is 1.30. The third-order valence-corrected chi connectivity index (χ3v) is 6.03. The molecule has 1 atom stereocenters. The zero-order chi connectivity index (χ0) is 24.8. The monoisotopic (exact) mass is 473 g/mol. The van der Waals surface area contributed by atoms with Crippen molar-refractivity contribution in [2.24, 2.45) is 0 Å². The summed E-state index contributed by atoms with van der Waals surface area (Å²) in [6.07, 6.45) is 1.28. The van der Waals surface area contributed by atoms with E-state index in [1.807, 2.05) is 31.2 Å². The minimum atomic E-state index is -0.973. The van der Waals surface area contributed by atoms with Crippen LogP contribution < -0.4 is 10.6 Å². The Morgan fingerprint density at radius 2 is 1.66 bits per heavy atom. The van der Waals surface area contributed by atoms with Gasteiger partial charge in [-0.2, -0.15) is 0 Å². The van der Waals surface area contributed by atoms with Crippen LogP contribution in [0.3, 0.4) is 0 Å². The van der Waals surface area contributed by atoms with Crippen molar-refractivity contribution in [1.82, 2.24) is 10.3 Å². The Kier molecular flexibility index (Phi) is 7.40. The first-order valence-corrected chi connectivity index (χ1v) is 11.5. The van der Waals surface area contributed by atoms with Gasteiger partial charge in [-0.3, -0.25) is 14.6 Å². The molecule has 8 heteroatoms. The van der Waals surface area contributed by atoms with E-state index in [9.17, 15) is 14.4 Å². The van der Waals surface area contributed by atoms with Gasteiger partial charge in [-0.15, -0.1) is 0 Å². The normalized spacial score (nSPS) is 12.8. The number of aliphatic carboxylic acids is 1. The molecule has 0 aliphatic heterocycles. The second kappa shape index (κ2) is 10.8. The number of pyridine rings is 1. The van der Waals surface area contributed by atoms with Gasteiger partial charge in [-0.05, 0) is 40.8 Å². The van der Waals surface area contributed by atoms with Gasteiger partial charge < -0.3 is 20.5 Å². The molecular formula is C27H27N3O5. The highest BCUT2D eigenvalue weighted by Crippen LogP contribution is 2.44. The van der Waals surface area contributed by atoms with E-state index in [4.69, 9.17) is 9.84 Å². The topological polar surface area (TPSA) is 118 Å². The number of alkyl carbamates (subject to hydrolysis) is 1. The fourth-order valence-electron chi connectivity index (χ4n) is 4.30. The first-order chi connectivity index (χ1) is 16.9. The van der Waals surface area contributed by atoms with E-state index in [0.29, 0.717) is 17.8 Å². The molecule has 0 saturated heterocycles. The number of anilines is 1. The molecule has 1 heterocycles. The first-order valence-electron chi connectivity index (χ1n) is 11.5. The zero-order valence-electron chi connectivity index (χ0n) is 19.4. The largest absolute Gasteiger partial charge is 0.481 e. The number of hydrogen-bond acceptors (Lipinski definition) is 5. The molecule has 0 spiro atoms. The van der Waals surface area contributed by atoms with Crippen molar-refractivity contribution in [2.45, 2.75) is 38.1 Å². The number of nitrogens with zero attached hydrogens (tertiary/aromatic N) is 1. The maximum atomic E-state index is 12.5. The van der Waals surface area contributed by atoms with E-state index >= 15 is 0 Å². The van der Waals surface area contributed by atoms with Gasteiger partial charge in [-0.1, -0.05) is 55.5 Å². The van der Waals surface area contributed by atoms with Gasteiger partial charge in [0.1, 0.15) is 6.61 Å². The van der Waals surface area contributed by atoms with Gasteiger partial charge in [0.2, 0.25) is 5.91 Å². The summed E-state index contributed by atoms with van der Waals surface area (Å²) in [5.41, 5.74) is 5.45. The Hall–Kier alpha value is -4.20. The number of carbonyl (C=O) groups excluding carboxylic acids is 2. The number of aromatic nitrogens is 1. The summed E-state index contributed by atoms with van der Waals surface area (Å²) in [6.45, 7) is 2.08. The van der Waals surface area contributed by atoms with Gasteiger partial charge >= 0.3 is 12.1 Å². The number of carbonyl (C=O) groups is 3. The van der Waals surface area contributed by atoms with Crippen LogP contribution in [0, 0.1) is 0 Å². The van der Waals surface area contributed by atoms with E-state index < -0.39 is 18.1 Å². The summed E-state index contributed by atoms with van der Waals surface area (Å²) in [5.74, 6) is -1.30. The Morgan fingerprint density at radius 3 is 2.23 bits per heavy atom. The maximum Gasteiger partial charge on any atom is 0.407 e. The van der Waals surface area contributed by atoms with Crippen molar-refractivity contribution >= 4 is 23.7 Å². The van der Waals surface area contributed by atoms with Crippen LogP contribution >= 0.6 is 0 Å². The van der Waals surface area contributed by atoms with Gasteiger partial charge in [0.15, 0.2) is 0 Å². The molecule has 3 aromatic rings. The average molecular weight is 474 g/mol. The van der Waals surface area contributed by atoms with Crippen LogP contribution in [0.1, 0.15) is 42.5 Å². The second-order valence-corrected chi connectivity index (χ2v) is 8.44. The van der Waals surface area contributed by atoms with Crippen LogP contribution in [0.15, 0.2) is 66.9 Å². The molecule has 0 saturated carbocycles. The minimum Gasteiger partial charge on any atom is -0.481 e. The summed E-state index contributed by atoms with van der Waals surface area (Å²) >= 11 is 0. The standard InChI is InChI=1S/C27H27N3O5/c1-2-17(13-25(31)29-19-12-11-18(28-15-19)14-26(32)33)30-27(34)35-16-24-22-9-5-3-7-20(22)21-8-4-6-10-23(21)24/h3-12,15,17,24H,2,13-14,16H2,1H3,(H,29,31)(H,30,34)(H,32,33). The lowest BCUT2D eigenvalue weighted by atomic mass is 9.98. The highest BCUT2D eigenvalue weighted by atomic mass is 16.5. The summed E-state index contributed by atoms with van der Waals surface area (Å²) < 4.78 is 5.58. The number of carboxylic acid groups (broad SMARTS) is 1. The van der Waals surface area contributed by atoms with Crippen LogP contribution in [-0.2, 0) is 20.7 Å². The Labute approximate surface area is 203 Å². The molecular weight excluding hydrogens is 446 g/mol. The molecule has 3 N–H and O–H groups in total. The molecule has 4 rings (SSSR count). The average Bonchev–Trinajstić information content (AvgIpc) is 3.17. The number of fused-ring (bicyclic) bond motifs is 3. The highest BCUT2D eigenvalue weighted by molar-refractivity contribution is 5.91. The van der Waals surface area contributed by atoms with E-state index in [-0.39, 0.29) is 31.3 Å². The molecule has 0 bridgehead atoms. The quantitative estimate of drug-likeness (QED) is 0.425. The van der Waals surface area contributed by atoms with E-state index in [1.165, 1.54) is 6.20 Å². The number of ether oxygens (including phenoxy) is 1. The third kappa shape index (κ3) is 5.84. The number of rotatable bonds is 9. The molecule has 1 aromatic heterocycles.